The second kappa shape index (κ2) is 6.37. The van der Waals surface area contributed by atoms with Gasteiger partial charge in [-0.05, 0) is 25.0 Å². The summed E-state index contributed by atoms with van der Waals surface area (Å²) in [7, 11) is -3.42. The van der Waals surface area contributed by atoms with Crippen LogP contribution in [-0.2, 0) is 14.6 Å². The van der Waals surface area contributed by atoms with Crippen LogP contribution in [0.1, 0.15) is 19.3 Å². The van der Waals surface area contributed by atoms with Gasteiger partial charge in [0.2, 0.25) is 5.91 Å². The van der Waals surface area contributed by atoms with Crippen molar-refractivity contribution >= 4 is 15.7 Å². The van der Waals surface area contributed by atoms with Crippen LogP contribution in [0.25, 0.3) is 0 Å². The van der Waals surface area contributed by atoms with E-state index in [0.717, 1.165) is 12.8 Å². The summed E-state index contributed by atoms with van der Waals surface area (Å²) in [6.07, 6.45) is 1.85. The highest BCUT2D eigenvalue weighted by molar-refractivity contribution is 7.91. The molecule has 1 aliphatic rings. The van der Waals surface area contributed by atoms with Gasteiger partial charge in [-0.15, -0.1) is 0 Å². The third kappa shape index (κ3) is 3.80. The number of rotatable bonds is 7. The number of sulfone groups is 1. The Hall–Kier alpha value is -1.40. The fraction of sp³-hybridized carbons (Fsp3) is 0.500. The number of carbonyl (C=O) groups excluding carboxylic acids is 1. The Kier molecular flexibility index (Phi) is 4.77. The van der Waals surface area contributed by atoms with Gasteiger partial charge in [-0.25, -0.2) is 8.42 Å². The fourth-order valence-corrected chi connectivity index (χ4v) is 3.37. The molecule has 1 saturated carbocycles. The number of amides is 1. The van der Waals surface area contributed by atoms with Gasteiger partial charge in [0, 0.05) is 19.0 Å². The minimum atomic E-state index is -3.42. The van der Waals surface area contributed by atoms with Crippen LogP contribution in [-0.4, -0.2) is 49.3 Å². The Bertz CT molecular complexity index is 552. The largest absolute Gasteiger partial charge is 0.395 e. The number of benzene rings is 1. The van der Waals surface area contributed by atoms with Crippen molar-refractivity contribution in [2.75, 3.05) is 18.9 Å². The number of aliphatic hydroxyl groups excluding tert-OH is 1. The molecule has 6 heteroatoms. The smallest absolute Gasteiger partial charge is 0.223 e. The first-order valence-corrected chi connectivity index (χ1v) is 8.38. The number of hydrogen-bond donors (Lipinski definition) is 1. The van der Waals surface area contributed by atoms with E-state index in [4.69, 9.17) is 5.11 Å². The van der Waals surface area contributed by atoms with E-state index in [-0.39, 0.29) is 42.2 Å². The zero-order valence-electron chi connectivity index (χ0n) is 11.2. The van der Waals surface area contributed by atoms with E-state index in [2.05, 4.69) is 0 Å². The van der Waals surface area contributed by atoms with E-state index in [9.17, 15) is 13.2 Å². The molecule has 20 heavy (non-hydrogen) atoms. The third-order valence-corrected chi connectivity index (χ3v) is 5.07. The molecule has 5 nitrogen and oxygen atoms in total. The van der Waals surface area contributed by atoms with Crippen LogP contribution in [0.15, 0.2) is 35.2 Å². The zero-order chi connectivity index (χ0) is 14.6. The molecule has 0 bridgehead atoms. The summed E-state index contributed by atoms with van der Waals surface area (Å²) in [6.45, 7) is 0.197. The molecule has 0 radical (unpaired) electrons. The van der Waals surface area contributed by atoms with Gasteiger partial charge in [0.1, 0.15) is 0 Å². The van der Waals surface area contributed by atoms with Crippen molar-refractivity contribution in [1.29, 1.82) is 0 Å². The van der Waals surface area contributed by atoms with Gasteiger partial charge in [-0.2, -0.15) is 0 Å². The summed E-state index contributed by atoms with van der Waals surface area (Å²) < 4.78 is 24.2. The Balaban J connectivity index is 1.95. The molecule has 1 amide bonds. The zero-order valence-corrected chi connectivity index (χ0v) is 12.1. The molecule has 2 rings (SSSR count). The van der Waals surface area contributed by atoms with Crippen LogP contribution in [0.3, 0.4) is 0 Å². The Morgan fingerprint density at radius 1 is 1.25 bits per heavy atom. The number of hydrogen-bond acceptors (Lipinski definition) is 4. The molecule has 1 N–H and O–H groups in total. The van der Waals surface area contributed by atoms with Crippen molar-refractivity contribution in [3.05, 3.63) is 30.3 Å². The quantitative estimate of drug-likeness (QED) is 0.809. The molecule has 0 heterocycles. The van der Waals surface area contributed by atoms with Crippen LogP contribution in [0.4, 0.5) is 0 Å². The maximum absolute atomic E-state index is 12.1. The number of aliphatic hydroxyl groups is 1. The second-order valence-corrected chi connectivity index (χ2v) is 7.03. The first-order chi connectivity index (χ1) is 9.54. The fourth-order valence-electron chi connectivity index (χ4n) is 2.12. The van der Waals surface area contributed by atoms with Crippen LogP contribution in [0.5, 0.6) is 0 Å². The summed E-state index contributed by atoms with van der Waals surface area (Å²) in [6, 6.07) is 8.33. The van der Waals surface area contributed by atoms with Gasteiger partial charge in [-0.1, -0.05) is 18.2 Å². The summed E-state index contributed by atoms with van der Waals surface area (Å²) >= 11 is 0. The second-order valence-electron chi connectivity index (χ2n) is 4.92. The maximum Gasteiger partial charge on any atom is 0.223 e. The van der Waals surface area contributed by atoms with Gasteiger partial charge >= 0.3 is 0 Å². The van der Waals surface area contributed by atoms with E-state index >= 15 is 0 Å². The Morgan fingerprint density at radius 2 is 1.90 bits per heavy atom. The Labute approximate surface area is 119 Å². The number of nitrogens with zero attached hydrogens (tertiary/aromatic N) is 1. The summed E-state index contributed by atoms with van der Waals surface area (Å²) in [5.41, 5.74) is 0. The summed E-state index contributed by atoms with van der Waals surface area (Å²) in [5.74, 6) is -0.383. The normalized spacial score (nSPS) is 15.1. The SMILES string of the molecule is O=C(CCS(=O)(=O)c1ccccc1)N(CCO)C1CC1. The van der Waals surface area contributed by atoms with Crippen LogP contribution < -0.4 is 0 Å². The number of carbonyl (C=O) groups is 1. The molecule has 0 aliphatic heterocycles. The first-order valence-electron chi connectivity index (χ1n) is 6.73. The summed E-state index contributed by atoms with van der Waals surface area (Å²) in [4.78, 5) is 13.9. The minimum Gasteiger partial charge on any atom is -0.395 e. The summed E-state index contributed by atoms with van der Waals surface area (Å²) in [5, 5.41) is 8.96. The van der Waals surface area contributed by atoms with E-state index in [0.29, 0.717) is 0 Å². The molecular weight excluding hydrogens is 278 g/mol. The molecule has 0 spiro atoms. The molecule has 1 aromatic carbocycles. The minimum absolute atomic E-state index is 0.0340. The lowest BCUT2D eigenvalue weighted by Crippen LogP contribution is -2.36. The predicted octanol–water partition coefficient (Wildman–Crippen LogP) is 0.834. The third-order valence-electron chi connectivity index (χ3n) is 3.34. The molecule has 0 atom stereocenters. The van der Waals surface area contributed by atoms with E-state index in [1.807, 2.05) is 0 Å². The van der Waals surface area contributed by atoms with Crippen molar-refractivity contribution in [2.45, 2.75) is 30.2 Å². The lowest BCUT2D eigenvalue weighted by molar-refractivity contribution is -0.131. The average molecular weight is 297 g/mol. The molecule has 0 unspecified atom stereocenters. The molecular formula is C14H19NO4S. The molecule has 1 fully saturated rings. The van der Waals surface area contributed by atoms with Gasteiger partial charge in [0.05, 0.1) is 17.3 Å². The average Bonchev–Trinajstić information content (AvgIpc) is 3.28. The van der Waals surface area contributed by atoms with E-state index < -0.39 is 9.84 Å². The van der Waals surface area contributed by atoms with Crippen LogP contribution in [0.2, 0.25) is 0 Å². The standard InChI is InChI=1S/C14H19NO4S/c16-10-9-15(12-6-7-12)14(17)8-11-20(18,19)13-4-2-1-3-5-13/h1-5,12,16H,6-11H2. The van der Waals surface area contributed by atoms with E-state index in [1.54, 1.807) is 23.1 Å². The van der Waals surface area contributed by atoms with Gasteiger partial charge in [0.15, 0.2) is 9.84 Å². The van der Waals surface area contributed by atoms with Gasteiger partial charge in [-0.3, -0.25) is 4.79 Å². The van der Waals surface area contributed by atoms with Crippen molar-refractivity contribution in [3.8, 4) is 0 Å². The van der Waals surface area contributed by atoms with E-state index in [1.165, 1.54) is 12.1 Å². The maximum atomic E-state index is 12.1. The van der Waals surface area contributed by atoms with Crippen molar-refractivity contribution < 1.29 is 18.3 Å². The van der Waals surface area contributed by atoms with Crippen molar-refractivity contribution in [2.24, 2.45) is 0 Å². The predicted molar refractivity (Wildman–Crippen MR) is 74.9 cm³/mol. The van der Waals surface area contributed by atoms with Gasteiger partial charge < -0.3 is 10.0 Å². The first kappa shape index (κ1) is 15.0. The molecule has 110 valence electrons. The lowest BCUT2D eigenvalue weighted by Gasteiger charge is -2.21. The highest BCUT2D eigenvalue weighted by Gasteiger charge is 2.32. The highest BCUT2D eigenvalue weighted by Crippen LogP contribution is 2.27. The van der Waals surface area contributed by atoms with Crippen LogP contribution in [0, 0.1) is 0 Å². The lowest BCUT2D eigenvalue weighted by atomic mass is 10.3. The van der Waals surface area contributed by atoms with Gasteiger partial charge in [0.25, 0.3) is 0 Å². The Morgan fingerprint density at radius 3 is 2.45 bits per heavy atom. The molecule has 0 saturated heterocycles. The molecule has 0 aromatic heterocycles. The van der Waals surface area contributed by atoms with Crippen LogP contribution >= 0.6 is 0 Å². The monoisotopic (exact) mass is 297 g/mol. The van der Waals surface area contributed by atoms with Crippen molar-refractivity contribution in [1.82, 2.24) is 4.90 Å². The highest BCUT2D eigenvalue weighted by atomic mass is 32.2. The molecule has 1 aliphatic carbocycles. The molecule has 1 aromatic rings. The van der Waals surface area contributed by atoms with Crippen molar-refractivity contribution in [3.63, 3.8) is 0 Å². The topological polar surface area (TPSA) is 74.7 Å².